The second-order valence-corrected chi connectivity index (χ2v) is 20.8. The molecule has 2 aromatic heterocycles. The van der Waals surface area contributed by atoms with Gasteiger partial charge in [-0.05, 0) is 200 Å². The second kappa shape index (κ2) is 26.0. The van der Waals surface area contributed by atoms with Crippen molar-refractivity contribution in [3.8, 4) is 0 Å². The number of aliphatic imine (C=N–C) groups is 2. The third-order valence-electron chi connectivity index (χ3n) is 14.8. The quantitative estimate of drug-likeness (QED) is 0.0797. The van der Waals surface area contributed by atoms with Crippen LogP contribution in [0.2, 0.25) is 0 Å². The lowest BCUT2D eigenvalue weighted by atomic mass is 9.93. The summed E-state index contributed by atoms with van der Waals surface area (Å²) in [7, 11) is 0. The van der Waals surface area contributed by atoms with Crippen LogP contribution >= 0.6 is 0 Å². The molecule has 0 saturated heterocycles. The van der Waals surface area contributed by atoms with Crippen LogP contribution in [0.4, 0.5) is 5.69 Å². The van der Waals surface area contributed by atoms with E-state index in [1.807, 2.05) is 61.5 Å². The first-order valence-corrected chi connectivity index (χ1v) is 26.9. The zero-order valence-electron chi connectivity index (χ0n) is 48.4. The summed E-state index contributed by atoms with van der Waals surface area (Å²) in [6.45, 7) is 35.1. The third kappa shape index (κ3) is 14.1. The van der Waals surface area contributed by atoms with Gasteiger partial charge in [0.1, 0.15) is 0 Å². The van der Waals surface area contributed by atoms with Crippen LogP contribution in [0.15, 0.2) is 219 Å². The Labute approximate surface area is 464 Å². The number of hydrogen-bond donors (Lipinski definition) is 3. The number of H-pyrrole nitrogens is 2. The highest BCUT2D eigenvalue weighted by Gasteiger charge is 2.25. The molecule has 1 amide bonds. The van der Waals surface area contributed by atoms with E-state index in [-0.39, 0.29) is 5.91 Å². The SMILES string of the molecule is C=C(c1ccc(NC(=O)c2ccc(/C=C/C(C)=C/C=C/C(C)=C/C=C/C=C(C)/C=C/C=C(C)/C=C/C)cc2)cc1)c1[nH]c(/C=C2N=C(/C(c3ccc(C)cc3)=c3\[nH]/c(=C\C4=NCC(C)=C4C)c(C)c3C)C(C)=C\2C)c(C)c1C. The molecule has 396 valence electrons. The molecule has 0 radical (unpaired) electrons. The molecule has 4 heterocycles. The Kier molecular flexibility index (Phi) is 19.0. The monoisotopic (exact) mass is 1030 g/mol. The van der Waals surface area contributed by atoms with Crippen molar-refractivity contribution < 1.29 is 4.79 Å². The van der Waals surface area contributed by atoms with Crippen molar-refractivity contribution >= 4 is 52.4 Å². The molecule has 7 rings (SSSR count). The van der Waals surface area contributed by atoms with Crippen LogP contribution in [0.3, 0.4) is 0 Å². The van der Waals surface area contributed by atoms with E-state index in [4.69, 9.17) is 9.98 Å². The summed E-state index contributed by atoms with van der Waals surface area (Å²) in [5, 5.41) is 5.21. The van der Waals surface area contributed by atoms with Gasteiger partial charge in [-0.25, -0.2) is 4.99 Å². The van der Waals surface area contributed by atoms with Crippen molar-refractivity contribution in [3.63, 3.8) is 0 Å². The van der Waals surface area contributed by atoms with Crippen LogP contribution in [-0.2, 0) is 0 Å². The van der Waals surface area contributed by atoms with Gasteiger partial charge in [0.05, 0.1) is 29.0 Å². The number of aromatic amines is 2. The van der Waals surface area contributed by atoms with Crippen molar-refractivity contribution in [2.75, 3.05) is 11.9 Å². The molecular formula is C72H77N5O. The molecule has 2 aliphatic rings. The standard InChI is InChI=1S/C72H77N5O/c1-16-21-45(2)24-19-25-46(3)22-17-18-23-47(4)26-20-27-48(5)28-31-59-32-36-62(37-33-59)72(78)74-63-40-38-60(39-41-63)58(15)69-55(12)52(9)66(75-69)43-67-54(11)57(14)71(77-67)68(61-34-29-49(6)30-35-61)70-56(13)53(10)65(76-70)42-64-51(8)50(7)44-73-64/h16-43,75-76H,15,44H2,1-14H3,(H,74,78)/b18-17+,21-16+,25-19+,26-20+,31-28+,45-24+,46-22+,47-23+,48-27+,65-42-,67-43-,70-68-. The zero-order valence-corrected chi connectivity index (χ0v) is 48.4. The molecule has 0 aliphatic carbocycles. The highest BCUT2D eigenvalue weighted by Crippen LogP contribution is 2.35. The van der Waals surface area contributed by atoms with Crippen LogP contribution in [0.25, 0.3) is 29.4 Å². The smallest absolute Gasteiger partial charge is 0.255 e. The fourth-order valence-corrected chi connectivity index (χ4v) is 9.19. The fraction of sp³-hybridized carbons (Fsp3) is 0.208. The molecule has 0 bridgehead atoms. The Bertz CT molecular complexity index is 3730. The number of hydrogen-bond acceptors (Lipinski definition) is 3. The number of carbonyl (C=O) groups is 1. The number of aryl methyl sites for hydroxylation is 1. The predicted molar refractivity (Wildman–Crippen MR) is 338 cm³/mol. The molecule has 2 aliphatic heterocycles. The molecule has 0 atom stereocenters. The van der Waals surface area contributed by atoms with Gasteiger partial charge in [-0.15, -0.1) is 0 Å². The lowest BCUT2D eigenvalue weighted by Gasteiger charge is -2.10. The summed E-state index contributed by atoms with van der Waals surface area (Å²) in [5.74, 6) is -0.170. The van der Waals surface area contributed by atoms with E-state index >= 15 is 0 Å². The Morgan fingerprint density at radius 1 is 0.590 bits per heavy atom. The van der Waals surface area contributed by atoms with Gasteiger partial charge in [-0.3, -0.25) is 9.79 Å². The largest absolute Gasteiger partial charge is 0.355 e. The maximum absolute atomic E-state index is 13.4. The van der Waals surface area contributed by atoms with E-state index in [0.717, 1.165) is 107 Å². The maximum Gasteiger partial charge on any atom is 0.255 e. The molecule has 3 aromatic carbocycles. The molecule has 6 heteroatoms. The van der Waals surface area contributed by atoms with Gasteiger partial charge in [0, 0.05) is 33.6 Å². The molecule has 0 fully saturated rings. The fourth-order valence-electron chi connectivity index (χ4n) is 9.19. The first-order valence-electron chi connectivity index (χ1n) is 26.9. The molecule has 78 heavy (non-hydrogen) atoms. The minimum absolute atomic E-state index is 0.170. The Balaban J connectivity index is 1.00. The van der Waals surface area contributed by atoms with Crippen molar-refractivity contribution in [1.29, 1.82) is 0 Å². The van der Waals surface area contributed by atoms with Gasteiger partial charge in [-0.2, -0.15) is 0 Å². The van der Waals surface area contributed by atoms with Crippen LogP contribution < -0.4 is 16.0 Å². The van der Waals surface area contributed by atoms with Gasteiger partial charge < -0.3 is 15.3 Å². The summed E-state index contributed by atoms with van der Waals surface area (Å²) in [6.07, 6.45) is 33.5. The zero-order chi connectivity index (χ0) is 56.2. The number of nitrogens with zero attached hydrogens (tertiary/aromatic N) is 2. The number of amides is 1. The summed E-state index contributed by atoms with van der Waals surface area (Å²) in [5.41, 5.74) is 26.6. The lowest BCUT2D eigenvalue weighted by Crippen LogP contribution is -2.21. The van der Waals surface area contributed by atoms with Crippen LogP contribution in [0, 0.1) is 34.6 Å². The Hall–Kier alpha value is -8.61. The number of rotatable bonds is 17. The molecule has 5 aromatic rings. The number of allylic oxidation sites excluding steroid dienone is 20. The molecule has 0 unspecified atom stereocenters. The first-order chi connectivity index (χ1) is 37.3. The van der Waals surface area contributed by atoms with Gasteiger partial charge in [0.2, 0.25) is 0 Å². The molecule has 0 spiro atoms. The van der Waals surface area contributed by atoms with E-state index in [0.29, 0.717) is 11.3 Å². The van der Waals surface area contributed by atoms with E-state index in [1.54, 1.807) is 0 Å². The van der Waals surface area contributed by atoms with E-state index in [2.05, 4.69) is 227 Å². The number of nitrogens with one attached hydrogen (secondary N) is 3. The lowest BCUT2D eigenvalue weighted by molar-refractivity contribution is 0.102. The highest BCUT2D eigenvalue weighted by molar-refractivity contribution is 6.33. The summed E-state index contributed by atoms with van der Waals surface area (Å²) in [6, 6.07) is 24.3. The number of aromatic nitrogens is 2. The summed E-state index contributed by atoms with van der Waals surface area (Å²) in [4.78, 5) is 31.2. The van der Waals surface area contributed by atoms with E-state index < -0.39 is 0 Å². The van der Waals surface area contributed by atoms with Crippen molar-refractivity contribution in [2.24, 2.45) is 9.98 Å². The Morgan fingerprint density at radius 3 is 1.77 bits per heavy atom. The highest BCUT2D eigenvalue weighted by atomic mass is 16.1. The minimum atomic E-state index is -0.170. The number of carbonyl (C=O) groups excluding carboxylic acids is 1. The van der Waals surface area contributed by atoms with Crippen LogP contribution in [-0.4, -0.2) is 33.8 Å². The van der Waals surface area contributed by atoms with Gasteiger partial charge in [-0.1, -0.05) is 168 Å². The molecule has 0 saturated carbocycles. The van der Waals surface area contributed by atoms with E-state index in [9.17, 15) is 4.79 Å². The van der Waals surface area contributed by atoms with Crippen LogP contribution in [0.5, 0.6) is 0 Å². The summed E-state index contributed by atoms with van der Waals surface area (Å²) < 4.78 is 0. The van der Waals surface area contributed by atoms with Crippen molar-refractivity contribution in [1.82, 2.24) is 9.97 Å². The third-order valence-corrected chi connectivity index (χ3v) is 14.8. The first kappa shape index (κ1) is 57.1. The maximum atomic E-state index is 13.4. The van der Waals surface area contributed by atoms with E-state index in [1.165, 1.54) is 39.0 Å². The van der Waals surface area contributed by atoms with Gasteiger partial charge >= 0.3 is 0 Å². The van der Waals surface area contributed by atoms with Gasteiger partial charge in [0.25, 0.3) is 5.91 Å². The topological polar surface area (TPSA) is 85.4 Å². The van der Waals surface area contributed by atoms with Crippen LogP contribution in [0.1, 0.15) is 129 Å². The normalized spacial score (nSPS) is 16.3. The van der Waals surface area contributed by atoms with Crippen molar-refractivity contribution in [2.45, 2.75) is 96.9 Å². The van der Waals surface area contributed by atoms with Gasteiger partial charge in [0.15, 0.2) is 0 Å². The van der Waals surface area contributed by atoms with Crippen molar-refractivity contribution in [3.05, 3.63) is 281 Å². The number of anilines is 1. The second-order valence-electron chi connectivity index (χ2n) is 20.8. The summed E-state index contributed by atoms with van der Waals surface area (Å²) >= 11 is 0. The number of benzene rings is 3. The average Bonchev–Trinajstić information content (AvgIpc) is 4.14. The molecule has 6 nitrogen and oxygen atoms in total. The average molecular weight is 1030 g/mol. The predicted octanol–water partition coefficient (Wildman–Crippen LogP) is 16.8. The minimum Gasteiger partial charge on any atom is -0.355 e. The molecule has 3 N–H and O–H groups in total. The Morgan fingerprint density at radius 2 is 1.17 bits per heavy atom. The molecular weight excluding hydrogens is 951 g/mol.